The summed E-state index contributed by atoms with van der Waals surface area (Å²) < 4.78 is 5.30. The summed E-state index contributed by atoms with van der Waals surface area (Å²) in [6.45, 7) is 5.89. The topological polar surface area (TPSA) is 51.2 Å². The van der Waals surface area contributed by atoms with Gasteiger partial charge < -0.3 is 10.1 Å². The summed E-state index contributed by atoms with van der Waals surface area (Å²) in [4.78, 5) is 17.2. The first-order valence-electron chi connectivity index (χ1n) is 7.82. The summed E-state index contributed by atoms with van der Waals surface area (Å²) in [5, 5.41) is 3.94. The average molecular weight is 320 g/mol. The molecule has 0 aliphatic heterocycles. The molecule has 0 aliphatic carbocycles. The number of amides is 1. The third-order valence-corrected chi connectivity index (χ3v) is 4.01. The zero-order valence-electron chi connectivity index (χ0n) is 14.3. The molecule has 0 bridgehead atoms. The van der Waals surface area contributed by atoms with Crippen LogP contribution in [0.5, 0.6) is 5.75 Å². The number of carbonyl (C=O) groups excluding carboxylic acids is 1. The smallest absolute Gasteiger partial charge is 0.255 e. The van der Waals surface area contributed by atoms with Gasteiger partial charge in [0.15, 0.2) is 0 Å². The third-order valence-electron chi connectivity index (χ3n) is 4.01. The van der Waals surface area contributed by atoms with Gasteiger partial charge in [0.05, 0.1) is 18.3 Å². The van der Waals surface area contributed by atoms with Crippen molar-refractivity contribution in [2.24, 2.45) is 0 Å². The molecule has 4 nitrogen and oxygen atoms in total. The van der Waals surface area contributed by atoms with E-state index in [1.54, 1.807) is 19.2 Å². The van der Waals surface area contributed by atoms with Crippen molar-refractivity contribution in [3.63, 3.8) is 0 Å². The van der Waals surface area contributed by atoms with Crippen LogP contribution >= 0.6 is 0 Å². The molecule has 0 atom stereocenters. The minimum Gasteiger partial charge on any atom is -0.496 e. The Morgan fingerprint density at radius 2 is 1.83 bits per heavy atom. The Bertz CT molecular complexity index is 932. The monoisotopic (exact) mass is 320 g/mol. The lowest BCUT2D eigenvalue weighted by atomic mass is 10.1. The van der Waals surface area contributed by atoms with E-state index in [0.29, 0.717) is 11.3 Å². The molecule has 3 rings (SSSR count). The maximum atomic E-state index is 12.6. The van der Waals surface area contributed by atoms with E-state index in [1.807, 2.05) is 51.1 Å². The second-order valence-corrected chi connectivity index (χ2v) is 5.97. The molecule has 1 N–H and O–H groups in total. The normalized spacial score (nSPS) is 10.7. The molecular weight excluding hydrogens is 300 g/mol. The minimum absolute atomic E-state index is 0.165. The number of carbonyl (C=O) groups is 1. The van der Waals surface area contributed by atoms with Crippen LogP contribution in [0.3, 0.4) is 0 Å². The van der Waals surface area contributed by atoms with Gasteiger partial charge in [0.1, 0.15) is 5.75 Å². The van der Waals surface area contributed by atoms with Crippen molar-refractivity contribution in [1.82, 2.24) is 4.98 Å². The first-order chi connectivity index (χ1) is 11.5. The van der Waals surface area contributed by atoms with Gasteiger partial charge in [-0.15, -0.1) is 0 Å². The molecule has 0 saturated heterocycles. The molecule has 0 unspecified atom stereocenters. The Morgan fingerprint density at radius 1 is 1.04 bits per heavy atom. The number of hydrogen-bond acceptors (Lipinski definition) is 3. The van der Waals surface area contributed by atoms with Gasteiger partial charge in [0.25, 0.3) is 5.91 Å². The Kier molecular flexibility index (Phi) is 4.21. The highest BCUT2D eigenvalue weighted by atomic mass is 16.5. The van der Waals surface area contributed by atoms with Crippen LogP contribution in [0.2, 0.25) is 0 Å². The minimum atomic E-state index is -0.165. The van der Waals surface area contributed by atoms with Crippen molar-refractivity contribution in [1.29, 1.82) is 0 Å². The summed E-state index contributed by atoms with van der Waals surface area (Å²) >= 11 is 0. The van der Waals surface area contributed by atoms with Crippen molar-refractivity contribution in [3.8, 4) is 5.75 Å². The molecule has 1 heterocycles. The number of nitrogens with one attached hydrogen (secondary N) is 1. The van der Waals surface area contributed by atoms with Gasteiger partial charge >= 0.3 is 0 Å². The largest absolute Gasteiger partial charge is 0.496 e. The average Bonchev–Trinajstić information content (AvgIpc) is 2.55. The van der Waals surface area contributed by atoms with Crippen molar-refractivity contribution in [2.75, 3.05) is 12.4 Å². The molecule has 1 aromatic heterocycles. The zero-order chi connectivity index (χ0) is 17.3. The fraction of sp³-hybridized carbons (Fsp3) is 0.200. The van der Waals surface area contributed by atoms with Crippen molar-refractivity contribution < 1.29 is 9.53 Å². The summed E-state index contributed by atoms with van der Waals surface area (Å²) in [7, 11) is 1.60. The number of benzene rings is 2. The molecule has 0 saturated carbocycles. The van der Waals surface area contributed by atoms with Gasteiger partial charge in [-0.3, -0.25) is 9.78 Å². The standard InChI is InChI=1S/C20H20N2O2/c1-12-5-8-17-16(9-12)18(10-14(3)21-17)22-20(23)15-7-6-13(2)19(11-15)24-4/h5-11H,1-4H3,(H,21,22,23). The Balaban J connectivity index is 2.00. The van der Waals surface area contributed by atoms with Gasteiger partial charge in [0.2, 0.25) is 0 Å². The Labute approximate surface area is 141 Å². The van der Waals surface area contributed by atoms with E-state index in [0.717, 1.165) is 33.4 Å². The summed E-state index contributed by atoms with van der Waals surface area (Å²) in [5.74, 6) is 0.538. The van der Waals surface area contributed by atoms with Gasteiger partial charge in [-0.1, -0.05) is 17.7 Å². The van der Waals surface area contributed by atoms with Crippen LogP contribution in [-0.2, 0) is 0 Å². The van der Waals surface area contributed by atoms with Crippen LogP contribution in [0.1, 0.15) is 27.2 Å². The van der Waals surface area contributed by atoms with E-state index in [9.17, 15) is 4.79 Å². The number of aryl methyl sites for hydroxylation is 3. The van der Waals surface area contributed by atoms with Gasteiger partial charge in [-0.05, 0) is 56.7 Å². The number of fused-ring (bicyclic) bond motifs is 1. The van der Waals surface area contributed by atoms with E-state index >= 15 is 0 Å². The summed E-state index contributed by atoms with van der Waals surface area (Å²) in [6, 6.07) is 13.4. The van der Waals surface area contributed by atoms with Crippen LogP contribution in [-0.4, -0.2) is 18.0 Å². The second-order valence-electron chi connectivity index (χ2n) is 5.97. The number of ether oxygens (including phenoxy) is 1. The van der Waals surface area contributed by atoms with Crippen molar-refractivity contribution >= 4 is 22.5 Å². The highest BCUT2D eigenvalue weighted by Gasteiger charge is 2.12. The fourth-order valence-electron chi connectivity index (χ4n) is 2.73. The van der Waals surface area contributed by atoms with Crippen LogP contribution in [0, 0.1) is 20.8 Å². The number of methoxy groups -OCH3 is 1. The molecule has 3 aromatic rings. The molecule has 0 spiro atoms. The molecule has 2 aromatic carbocycles. The molecule has 0 fully saturated rings. The van der Waals surface area contributed by atoms with Crippen molar-refractivity contribution in [3.05, 3.63) is 64.8 Å². The number of aromatic nitrogens is 1. The lowest BCUT2D eigenvalue weighted by Crippen LogP contribution is -2.13. The van der Waals surface area contributed by atoms with E-state index in [2.05, 4.69) is 10.3 Å². The van der Waals surface area contributed by atoms with Gasteiger partial charge in [0, 0.05) is 16.6 Å². The van der Waals surface area contributed by atoms with E-state index < -0.39 is 0 Å². The molecule has 1 amide bonds. The molecule has 4 heteroatoms. The lowest BCUT2D eigenvalue weighted by molar-refractivity contribution is 0.102. The van der Waals surface area contributed by atoms with Crippen LogP contribution < -0.4 is 10.1 Å². The number of hydrogen-bond donors (Lipinski definition) is 1. The van der Waals surface area contributed by atoms with Gasteiger partial charge in [-0.2, -0.15) is 0 Å². The van der Waals surface area contributed by atoms with Crippen LogP contribution in [0.15, 0.2) is 42.5 Å². The van der Waals surface area contributed by atoms with E-state index in [4.69, 9.17) is 4.74 Å². The molecule has 0 aliphatic rings. The second kappa shape index (κ2) is 6.32. The molecule has 122 valence electrons. The zero-order valence-corrected chi connectivity index (χ0v) is 14.3. The lowest BCUT2D eigenvalue weighted by Gasteiger charge is -2.12. The van der Waals surface area contributed by atoms with E-state index in [-0.39, 0.29) is 5.91 Å². The predicted molar refractivity (Wildman–Crippen MR) is 96.9 cm³/mol. The Morgan fingerprint density at radius 3 is 2.58 bits per heavy atom. The number of rotatable bonds is 3. The SMILES string of the molecule is COc1cc(C(=O)Nc2cc(C)nc3ccc(C)cc23)ccc1C. The quantitative estimate of drug-likeness (QED) is 0.777. The molecule has 0 radical (unpaired) electrons. The van der Waals surface area contributed by atoms with Crippen molar-refractivity contribution in [2.45, 2.75) is 20.8 Å². The number of pyridine rings is 1. The summed E-state index contributed by atoms with van der Waals surface area (Å²) in [6.07, 6.45) is 0. The first kappa shape index (κ1) is 16.0. The molecule has 24 heavy (non-hydrogen) atoms. The third kappa shape index (κ3) is 3.08. The number of nitrogens with zero attached hydrogens (tertiary/aromatic N) is 1. The number of anilines is 1. The van der Waals surface area contributed by atoms with Crippen LogP contribution in [0.25, 0.3) is 10.9 Å². The maximum absolute atomic E-state index is 12.6. The first-order valence-corrected chi connectivity index (χ1v) is 7.82. The highest BCUT2D eigenvalue weighted by molar-refractivity contribution is 6.09. The summed E-state index contributed by atoms with van der Waals surface area (Å²) in [5.41, 5.74) is 5.19. The predicted octanol–water partition coefficient (Wildman–Crippen LogP) is 4.42. The fourth-order valence-corrected chi connectivity index (χ4v) is 2.73. The maximum Gasteiger partial charge on any atom is 0.255 e. The highest BCUT2D eigenvalue weighted by Crippen LogP contribution is 2.26. The Hall–Kier alpha value is -2.88. The van der Waals surface area contributed by atoms with E-state index in [1.165, 1.54) is 0 Å². The van der Waals surface area contributed by atoms with Gasteiger partial charge in [-0.25, -0.2) is 0 Å². The molecular formula is C20H20N2O2. The van der Waals surface area contributed by atoms with Crippen LogP contribution in [0.4, 0.5) is 5.69 Å².